The van der Waals surface area contributed by atoms with Gasteiger partial charge in [0.05, 0.1) is 13.2 Å². The van der Waals surface area contributed by atoms with Crippen LogP contribution in [0.25, 0.3) is 0 Å². The van der Waals surface area contributed by atoms with E-state index < -0.39 is 5.60 Å². The predicted molar refractivity (Wildman–Crippen MR) is 151 cm³/mol. The van der Waals surface area contributed by atoms with Crippen LogP contribution in [0.15, 0.2) is 36.4 Å². The first-order valence-corrected chi connectivity index (χ1v) is 13.2. The van der Waals surface area contributed by atoms with Crippen LogP contribution in [0.3, 0.4) is 0 Å². The minimum Gasteiger partial charge on any atom is -0.380 e. The number of benzene rings is 2. The van der Waals surface area contributed by atoms with Gasteiger partial charge in [-0.25, -0.2) is 0 Å². The van der Waals surface area contributed by atoms with Crippen molar-refractivity contribution in [1.82, 2.24) is 0 Å². The Bertz CT molecular complexity index is 860. The maximum Gasteiger partial charge on any atom is 0.136 e. The van der Waals surface area contributed by atoms with Crippen molar-refractivity contribution in [1.29, 1.82) is 0 Å². The molecule has 1 N–H and O–H groups in total. The molecular formula is C32H54O2. The van der Waals surface area contributed by atoms with Gasteiger partial charge in [0.15, 0.2) is 0 Å². The number of aryl methyl sites for hydroxylation is 2. The van der Waals surface area contributed by atoms with Crippen molar-refractivity contribution in [3.05, 3.63) is 69.8 Å². The Morgan fingerprint density at radius 1 is 0.706 bits per heavy atom. The summed E-state index contributed by atoms with van der Waals surface area (Å²) in [6.45, 7) is 31.0. The van der Waals surface area contributed by atoms with Crippen LogP contribution in [0, 0.1) is 13.8 Å². The second-order valence-electron chi connectivity index (χ2n) is 11.4. The average molecular weight is 471 g/mol. The van der Waals surface area contributed by atoms with Gasteiger partial charge in [0, 0.05) is 0 Å². The third-order valence-corrected chi connectivity index (χ3v) is 5.79. The van der Waals surface area contributed by atoms with Gasteiger partial charge in [0.25, 0.3) is 0 Å². The minimum absolute atomic E-state index is 0.113. The third-order valence-electron chi connectivity index (χ3n) is 5.79. The molecular weight excluding hydrogens is 416 g/mol. The Kier molecular flexibility index (Phi) is 12.8. The fourth-order valence-electron chi connectivity index (χ4n) is 3.53. The lowest BCUT2D eigenvalue weighted by atomic mass is 9.81. The molecule has 0 atom stereocenters. The first-order valence-electron chi connectivity index (χ1n) is 13.2. The van der Waals surface area contributed by atoms with Crippen LogP contribution in [0.4, 0.5) is 0 Å². The predicted octanol–water partition coefficient (Wildman–Crippen LogP) is 8.98. The molecule has 1 heterocycles. The van der Waals surface area contributed by atoms with Crippen LogP contribution in [0.5, 0.6) is 0 Å². The molecule has 0 radical (unpaired) electrons. The first-order chi connectivity index (χ1) is 15.6. The lowest BCUT2D eigenvalue weighted by molar-refractivity contribution is -0.184. The Labute approximate surface area is 212 Å². The van der Waals surface area contributed by atoms with Crippen molar-refractivity contribution >= 4 is 0 Å². The standard InChI is InChI=1S/C14H20O2.C14H22.2C2H6/c1-10-5-11(13(2,3)4)7-12(6-10)14(15)8-16-9-14;1-10(2)12-7-11(3)8-13(9-12)14(4,5)6;2*1-2/h5-7,15H,8-9H2,1-4H3;7-10H,1-6H3;2*1-2H3. The molecule has 3 rings (SSSR count). The SMILES string of the molecule is CC.CC.Cc1cc(C(C)(C)C)cc(C2(O)COC2)c1.Cc1cc(C(C)C)cc(C(C)(C)C)c1. The van der Waals surface area contributed by atoms with Crippen molar-refractivity contribution < 1.29 is 9.84 Å². The van der Waals surface area contributed by atoms with E-state index in [1.165, 1.54) is 27.8 Å². The molecule has 0 amide bonds. The molecule has 1 saturated heterocycles. The highest BCUT2D eigenvalue weighted by molar-refractivity contribution is 5.37. The summed E-state index contributed by atoms with van der Waals surface area (Å²) in [6, 6.07) is 13.3. The molecule has 1 aliphatic heterocycles. The fraction of sp³-hybridized carbons (Fsp3) is 0.625. The molecule has 0 aromatic heterocycles. The summed E-state index contributed by atoms with van der Waals surface area (Å²) in [5.41, 5.74) is 7.34. The summed E-state index contributed by atoms with van der Waals surface area (Å²) in [5, 5.41) is 10.3. The van der Waals surface area contributed by atoms with Gasteiger partial charge >= 0.3 is 0 Å². The van der Waals surface area contributed by atoms with E-state index in [1.54, 1.807) is 0 Å². The first kappa shape index (κ1) is 32.4. The van der Waals surface area contributed by atoms with Crippen LogP contribution in [-0.4, -0.2) is 18.3 Å². The quantitative estimate of drug-likeness (QED) is 0.474. The van der Waals surface area contributed by atoms with E-state index in [0.29, 0.717) is 19.1 Å². The minimum atomic E-state index is -0.758. The molecule has 0 aliphatic carbocycles. The van der Waals surface area contributed by atoms with Gasteiger partial charge < -0.3 is 9.84 Å². The molecule has 2 nitrogen and oxygen atoms in total. The van der Waals surface area contributed by atoms with E-state index in [1.807, 2.05) is 27.7 Å². The van der Waals surface area contributed by atoms with Gasteiger partial charge in [-0.15, -0.1) is 0 Å². The van der Waals surface area contributed by atoms with Gasteiger partial charge in [0.2, 0.25) is 0 Å². The summed E-state index contributed by atoms with van der Waals surface area (Å²) in [5.74, 6) is 0.621. The summed E-state index contributed by atoms with van der Waals surface area (Å²) >= 11 is 0. The highest BCUT2D eigenvalue weighted by Gasteiger charge is 2.38. The van der Waals surface area contributed by atoms with E-state index in [9.17, 15) is 5.11 Å². The third kappa shape index (κ3) is 9.55. The van der Waals surface area contributed by atoms with Crippen LogP contribution in [0.2, 0.25) is 0 Å². The molecule has 34 heavy (non-hydrogen) atoms. The van der Waals surface area contributed by atoms with Crippen molar-refractivity contribution in [3.8, 4) is 0 Å². The average Bonchev–Trinajstić information content (AvgIpc) is 2.73. The molecule has 0 bridgehead atoms. The highest BCUT2D eigenvalue weighted by atomic mass is 16.5. The molecule has 0 spiro atoms. The normalized spacial score (nSPS) is 14.5. The Morgan fingerprint density at radius 3 is 1.47 bits per heavy atom. The smallest absolute Gasteiger partial charge is 0.136 e. The largest absolute Gasteiger partial charge is 0.380 e. The Hall–Kier alpha value is -1.64. The van der Waals surface area contributed by atoms with E-state index in [4.69, 9.17) is 4.74 Å². The van der Waals surface area contributed by atoms with Crippen molar-refractivity contribution in [2.45, 2.75) is 119 Å². The second-order valence-corrected chi connectivity index (χ2v) is 11.4. The van der Waals surface area contributed by atoms with E-state index in [2.05, 4.69) is 106 Å². The maximum atomic E-state index is 10.3. The van der Waals surface area contributed by atoms with Crippen molar-refractivity contribution in [3.63, 3.8) is 0 Å². The van der Waals surface area contributed by atoms with Gasteiger partial charge in [0.1, 0.15) is 5.60 Å². The molecule has 0 unspecified atom stereocenters. The van der Waals surface area contributed by atoms with E-state index >= 15 is 0 Å². The molecule has 2 heteroatoms. The number of aliphatic hydroxyl groups is 1. The van der Waals surface area contributed by atoms with Gasteiger partial charge in [-0.1, -0.05) is 131 Å². The maximum absolute atomic E-state index is 10.3. The molecule has 1 fully saturated rings. The van der Waals surface area contributed by atoms with Crippen molar-refractivity contribution in [2.75, 3.05) is 13.2 Å². The van der Waals surface area contributed by atoms with Crippen LogP contribution >= 0.6 is 0 Å². The molecule has 2 aromatic carbocycles. The number of hydrogen-bond donors (Lipinski definition) is 1. The topological polar surface area (TPSA) is 29.5 Å². The molecule has 1 aliphatic rings. The number of rotatable bonds is 2. The zero-order chi connectivity index (χ0) is 26.9. The van der Waals surface area contributed by atoms with Gasteiger partial charge in [-0.05, 0) is 52.8 Å². The zero-order valence-corrected chi connectivity index (χ0v) is 24.8. The molecule has 0 saturated carbocycles. The van der Waals surface area contributed by atoms with E-state index in [-0.39, 0.29) is 10.8 Å². The monoisotopic (exact) mass is 470 g/mol. The van der Waals surface area contributed by atoms with Crippen LogP contribution in [0.1, 0.15) is 122 Å². The molecule has 194 valence electrons. The molecule has 2 aromatic rings. The van der Waals surface area contributed by atoms with Crippen LogP contribution < -0.4 is 0 Å². The van der Waals surface area contributed by atoms with Gasteiger partial charge in [-0.3, -0.25) is 0 Å². The fourth-order valence-corrected chi connectivity index (χ4v) is 3.53. The summed E-state index contributed by atoms with van der Waals surface area (Å²) in [4.78, 5) is 0. The number of ether oxygens (including phenoxy) is 1. The Morgan fingerprint density at radius 2 is 1.12 bits per heavy atom. The van der Waals surface area contributed by atoms with Crippen LogP contribution in [-0.2, 0) is 21.2 Å². The van der Waals surface area contributed by atoms with Crippen molar-refractivity contribution in [2.24, 2.45) is 0 Å². The summed E-state index contributed by atoms with van der Waals surface area (Å²) in [7, 11) is 0. The van der Waals surface area contributed by atoms with Gasteiger partial charge in [-0.2, -0.15) is 0 Å². The lowest BCUT2D eigenvalue weighted by Gasteiger charge is -2.37. The zero-order valence-electron chi connectivity index (χ0n) is 24.8. The second kappa shape index (κ2) is 13.4. The summed E-state index contributed by atoms with van der Waals surface area (Å²) < 4.78 is 5.11. The number of hydrogen-bond acceptors (Lipinski definition) is 2. The Balaban J connectivity index is 0.000000563. The summed E-state index contributed by atoms with van der Waals surface area (Å²) in [6.07, 6.45) is 0. The highest BCUT2D eigenvalue weighted by Crippen LogP contribution is 2.33. The van der Waals surface area contributed by atoms with E-state index in [0.717, 1.165) is 5.56 Å². The lowest BCUT2D eigenvalue weighted by Crippen LogP contribution is -2.46.